The molecule has 0 unspecified atom stereocenters. The highest BCUT2D eigenvalue weighted by atomic mass is 19.1. The maximum atomic E-state index is 16.4. The molecule has 1 amide bonds. The highest BCUT2D eigenvalue weighted by Gasteiger charge is 2.31. The number of amides is 1. The van der Waals surface area contributed by atoms with Crippen molar-refractivity contribution in [3.63, 3.8) is 0 Å². The number of fused-ring (bicyclic) bond motifs is 2. The van der Waals surface area contributed by atoms with E-state index in [1.54, 1.807) is 42.4 Å². The fraction of sp³-hybridized carbons (Fsp3) is 0.353. The van der Waals surface area contributed by atoms with Gasteiger partial charge in [0.05, 0.1) is 24.2 Å². The van der Waals surface area contributed by atoms with E-state index in [1.807, 2.05) is 18.0 Å². The Morgan fingerprint density at radius 3 is 2.76 bits per heavy atom. The lowest BCUT2D eigenvalue weighted by Crippen LogP contribution is -2.36. The molecule has 4 heterocycles. The number of carbonyl (C=O) groups is 1. The number of terminal acetylenes is 1. The Hall–Kier alpha value is -4.66. The van der Waals surface area contributed by atoms with Gasteiger partial charge in [-0.25, -0.2) is 8.78 Å². The van der Waals surface area contributed by atoms with Crippen LogP contribution in [0.4, 0.5) is 14.6 Å². The lowest BCUT2D eigenvalue weighted by Gasteiger charge is -2.27. The van der Waals surface area contributed by atoms with Crippen LogP contribution in [0.1, 0.15) is 18.4 Å². The van der Waals surface area contributed by atoms with Crippen molar-refractivity contribution < 1.29 is 23.0 Å². The van der Waals surface area contributed by atoms with Gasteiger partial charge in [-0.1, -0.05) is 36.3 Å². The van der Waals surface area contributed by atoms with E-state index in [4.69, 9.17) is 15.9 Å². The van der Waals surface area contributed by atoms with E-state index in [2.05, 4.69) is 25.8 Å². The molecule has 0 aliphatic carbocycles. The van der Waals surface area contributed by atoms with Gasteiger partial charge >= 0.3 is 6.01 Å². The average Bonchev–Trinajstić information content (AvgIpc) is 3.74. The van der Waals surface area contributed by atoms with E-state index in [0.717, 1.165) is 19.5 Å². The van der Waals surface area contributed by atoms with Crippen LogP contribution in [0.5, 0.6) is 6.01 Å². The number of anilines is 1. The molecule has 4 aromatic rings. The third-order valence-corrected chi connectivity index (χ3v) is 8.76. The monoisotopic (exact) mass is 612 g/mol. The van der Waals surface area contributed by atoms with Crippen molar-refractivity contribution in [2.45, 2.75) is 25.0 Å². The van der Waals surface area contributed by atoms with Gasteiger partial charge in [-0.15, -0.1) is 6.42 Å². The number of aromatic nitrogens is 3. The van der Waals surface area contributed by atoms with Crippen LogP contribution in [0.3, 0.4) is 0 Å². The highest BCUT2D eigenvalue weighted by molar-refractivity contribution is 6.02. The number of likely N-dealkylation sites (N-methyl/N-ethyl adjacent to an activating group) is 1. The number of methoxy groups -OCH3 is 2. The zero-order chi connectivity index (χ0) is 31.7. The Morgan fingerprint density at radius 1 is 1.16 bits per heavy atom. The summed E-state index contributed by atoms with van der Waals surface area (Å²) in [6.45, 7) is 3.58. The molecule has 0 saturated carbocycles. The number of nitrogens with zero attached hydrogens (tertiary/aromatic N) is 6. The van der Waals surface area contributed by atoms with Crippen molar-refractivity contribution in [1.29, 1.82) is 0 Å². The number of pyridine rings is 1. The number of ether oxygens (including phenoxy) is 2. The first-order valence-corrected chi connectivity index (χ1v) is 14.8. The number of hydrogen-bond donors (Lipinski definition) is 0. The molecule has 6 rings (SSSR count). The van der Waals surface area contributed by atoms with Crippen LogP contribution < -0.4 is 9.64 Å². The van der Waals surface area contributed by atoms with Gasteiger partial charge in [-0.3, -0.25) is 14.7 Å². The van der Waals surface area contributed by atoms with E-state index in [0.29, 0.717) is 53.6 Å². The van der Waals surface area contributed by atoms with Crippen molar-refractivity contribution >= 4 is 33.4 Å². The molecule has 2 aromatic heterocycles. The first-order valence-electron chi connectivity index (χ1n) is 14.8. The summed E-state index contributed by atoms with van der Waals surface area (Å²) < 4.78 is 41.8. The summed E-state index contributed by atoms with van der Waals surface area (Å²) in [5, 5.41) is 1.44. The third kappa shape index (κ3) is 5.79. The standard InChI is InChI=1S/C34H34F2N6O3/c1-5-24-27(35)12-11-21-8-6-9-25(29(21)24)31-30(36)32-26(18-37-31)33(39-34(38-32)45-4)40(2)22-13-17-42(19-22)28(43)10-7-15-41-16-14-23(20-41)44-3/h1,6-12,18,22-23H,13-17,19-20H2,2-4H3/b10-7+/t22-,23-/m1/s1. The van der Waals surface area contributed by atoms with Crippen molar-refractivity contribution in [2.75, 3.05) is 58.9 Å². The van der Waals surface area contributed by atoms with Crippen LogP contribution in [0.25, 0.3) is 32.9 Å². The summed E-state index contributed by atoms with van der Waals surface area (Å²) in [5.41, 5.74) is 0.389. The van der Waals surface area contributed by atoms with E-state index in [1.165, 1.54) is 19.4 Å². The van der Waals surface area contributed by atoms with Gasteiger partial charge in [-0.2, -0.15) is 9.97 Å². The summed E-state index contributed by atoms with van der Waals surface area (Å²) in [4.78, 5) is 32.3. The van der Waals surface area contributed by atoms with E-state index < -0.39 is 11.6 Å². The SMILES string of the molecule is C#Cc1c(F)ccc2cccc(-c3ncc4c(N(C)[C@@H]5CCN(C(=O)/C=C/CN6CC[C@@H](OC)C6)C5)nc(OC)nc4c3F)c12. The van der Waals surface area contributed by atoms with Crippen LogP contribution >= 0.6 is 0 Å². The zero-order valence-corrected chi connectivity index (χ0v) is 25.5. The number of benzene rings is 2. The molecule has 2 aliphatic heterocycles. The fourth-order valence-corrected chi connectivity index (χ4v) is 6.26. The lowest BCUT2D eigenvalue weighted by atomic mass is 9.96. The number of likely N-dealkylation sites (tertiary alicyclic amines) is 2. The van der Waals surface area contributed by atoms with Crippen LogP contribution in [0.2, 0.25) is 0 Å². The minimum absolute atomic E-state index is 0.0100. The predicted molar refractivity (Wildman–Crippen MR) is 169 cm³/mol. The maximum absolute atomic E-state index is 16.4. The van der Waals surface area contributed by atoms with Crippen molar-refractivity contribution in [3.05, 3.63) is 65.9 Å². The molecule has 9 nitrogen and oxygen atoms in total. The van der Waals surface area contributed by atoms with Crippen molar-refractivity contribution in [3.8, 4) is 29.6 Å². The third-order valence-electron chi connectivity index (χ3n) is 8.76. The summed E-state index contributed by atoms with van der Waals surface area (Å²) in [6.07, 6.45) is 12.7. The quantitative estimate of drug-likeness (QED) is 0.214. The molecule has 2 fully saturated rings. The van der Waals surface area contributed by atoms with Crippen molar-refractivity contribution in [1.82, 2.24) is 24.8 Å². The van der Waals surface area contributed by atoms with E-state index >= 15 is 4.39 Å². The average molecular weight is 613 g/mol. The summed E-state index contributed by atoms with van der Waals surface area (Å²) in [7, 11) is 5.00. The van der Waals surface area contributed by atoms with Gasteiger partial charge in [-0.05, 0) is 24.3 Å². The van der Waals surface area contributed by atoms with Crippen LogP contribution in [0, 0.1) is 24.0 Å². The molecule has 2 aromatic carbocycles. The van der Waals surface area contributed by atoms with Gasteiger partial charge in [0, 0.05) is 76.1 Å². The second kappa shape index (κ2) is 12.8. The van der Waals surface area contributed by atoms with Crippen LogP contribution in [-0.4, -0.2) is 96.8 Å². The molecule has 0 N–H and O–H groups in total. The first kappa shape index (κ1) is 30.4. The molecule has 0 spiro atoms. The smallest absolute Gasteiger partial charge is 0.318 e. The number of halogens is 2. The maximum Gasteiger partial charge on any atom is 0.318 e. The predicted octanol–water partition coefficient (Wildman–Crippen LogP) is 4.43. The number of carbonyl (C=O) groups excluding carboxylic acids is 1. The van der Waals surface area contributed by atoms with E-state index in [9.17, 15) is 9.18 Å². The normalized spacial score (nSPS) is 18.7. The Kier molecular flexibility index (Phi) is 8.61. The molecule has 2 aliphatic rings. The molecule has 0 radical (unpaired) electrons. The summed E-state index contributed by atoms with van der Waals surface area (Å²) >= 11 is 0. The topological polar surface area (TPSA) is 83.9 Å². The van der Waals surface area contributed by atoms with E-state index in [-0.39, 0.29) is 40.8 Å². The Balaban J connectivity index is 1.27. The molecular weight excluding hydrogens is 578 g/mol. The first-order chi connectivity index (χ1) is 21.8. The summed E-state index contributed by atoms with van der Waals surface area (Å²) in [6, 6.07) is 7.99. The molecule has 2 saturated heterocycles. The molecule has 45 heavy (non-hydrogen) atoms. The fourth-order valence-electron chi connectivity index (χ4n) is 6.26. The van der Waals surface area contributed by atoms with Gasteiger partial charge in [0.25, 0.3) is 0 Å². The lowest BCUT2D eigenvalue weighted by molar-refractivity contribution is -0.125. The zero-order valence-electron chi connectivity index (χ0n) is 25.5. The molecular formula is C34H34F2N6O3. The molecule has 11 heteroatoms. The minimum Gasteiger partial charge on any atom is -0.467 e. The Bertz CT molecular complexity index is 1840. The van der Waals surface area contributed by atoms with Gasteiger partial charge in [0.15, 0.2) is 5.82 Å². The second-order valence-electron chi connectivity index (χ2n) is 11.3. The van der Waals surface area contributed by atoms with Gasteiger partial charge < -0.3 is 19.3 Å². The van der Waals surface area contributed by atoms with Crippen LogP contribution in [0.15, 0.2) is 48.7 Å². The minimum atomic E-state index is -0.703. The second-order valence-corrected chi connectivity index (χ2v) is 11.3. The molecule has 232 valence electrons. The van der Waals surface area contributed by atoms with Crippen molar-refractivity contribution in [2.24, 2.45) is 0 Å². The largest absolute Gasteiger partial charge is 0.467 e. The number of rotatable bonds is 8. The Morgan fingerprint density at radius 2 is 2.00 bits per heavy atom. The Labute approximate surface area is 260 Å². The summed E-state index contributed by atoms with van der Waals surface area (Å²) in [5.74, 6) is 1.51. The van der Waals surface area contributed by atoms with Gasteiger partial charge in [0.2, 0.25) is 5.91 Å². The molecule has 2 atom stereocenters. The van der Waals surface area contributed by atoms with Crippen LogP contribution in [-0.2, 0) is 9.53 Å². The number of hydrogen-bond acceptors (Lipinski definition) is 8. The van der Waals surface area contributed by atoms with Gasteiger partial charge in [0.1, 0.15) is 22.8 Å². The molecule has 0 bridgehead atoms. The highest BCUT2D eigenvalue weighted by Crippen LogP contribution is 2.37.